The second-order valence-electron chi connectivity index (χ2n) is 6.80. The van der Waals surface area contributed by atoms with E-state index in [9.17, 15) is 0 Å². The average Bonchev–Trinajstić information content (AvgIpc) is 3.27. The zero-order valence-electron chi connectivity index (χ0n) is 17.0. The first kappa shape index (κ1) is 22.4. The molecule has 0 radical (unpaired) electrons. The second-order valence-corrected chi connectivity index (χ2v) is 6.80. The number of benzene rings is 1. The molecular formula is C20H31IN6O. The molecule has 2 heterocycles. The summed E-state index contributed by atoms with van der Waals surface area (Å²) in [5.41, 5.74) is 2.29. The Labute approximate surface area is 184 Å². The van der Waals surface area contributed by atoms with Gasteiger partial charge in [-0.05, 0) is 38.3 Å². The van der Waals surface area contributed by atoms with Crippen LogP contribution in [0, 0.1) is 6.92 Å². The zero-order valence-corrected chi connectivity index (χ0v) is 19.3. The molecule has 0 bridgehead atoms. The summed E-state index contributed by atoms with van der Waals surface area (Å²) in [4.78, 5) is 4.73. The number of guanidine groups is 1. The van der Waals surface area contributed by atoms with E-state index >= 15 is 0 Å². The fourth-order valence-electron chi connectivity index (χ4n) is 3.15. The van der Waals surface area contributed by atoms with Crippen molar-refractivity contribution in [3.8, 4) is 5.75 Å². The fourth-order valence-corrected chi connectivity index (χ4v) is 3.15. The van der Waals surface area contributed by atoms with Gasteiger partial charge in [-0.1, -0.05) is 19.1 Å². The summed E-state index contributed by atoms with van der Waals surface area (Å²) in [6.07, 6.45) is 3.17. The lowest BCUT2D eigenvalue weighted by atomic mass is 10.1. The molecule has 2 aromatic rings. The molecule has 1 aliphatic heterocycles. The van der Waals surface area contributed by atoms with Gasteiger partial charge < -0.3 is 19.9 Å². The van der Waals surface area contributed by atoms with Gasteiger partial charge in [0.05, 0.1) is 19.7 Å². The Morgan fingerprint density at radius 3 is 2.89 bits per heavy atom. The molecule has 0 spiro atoms. The summed E-state index contributed by atoms with van der Waals surface area (Å²) in [6.45, 7) is 9.96. The summed E-state index contributed by atoms with van der Waals surface area (Å²) in [6, 6.07) is 6.28. The number of nitrogens with zero attached hydrogens (tertiary/aromatic N) is 4. The van der Waals surface area contributed by atoms with Crippen molar-refractivity contribution in [2.24, 2.45) is 4.99 Å². The first-order valence-corrected chi connectivity index (χ1v) is 9.86. The van der Waals surface area contributed by atoms with Crippen molar-refractivity contribution in [1.82, 2.24) is 25.4 Å². The van der Waals surface area contributed by atoms with Gasteiger partial charge in [-0.15, -0.1) is 34.2 Å². The normalized spacial score (nSPS) is 13.0. The van der Waals surface area contributed by atoms with Gasteiger partial charge in [-0.25, -0.2) is 4.99 Å². The van der Waals surface area contributed by atoms with Crippen LogP contribution in [0.4, 0.5) is 0 Å². The molecule has 28 heavy (non-hydrogen) atoms. The molecule has 154 valence electrons. The van der Waals surface area contributed by atoms with Crippen LogP contribution in [-0.4, -0.2) is 33.9 Å². The van der Waals surface area contributed by atoms with Crippen molar-refractivity contribution in [3.63, 3.8) is 0 Å². The molecule has 0 saturated carbocycles. The van der Waals surface area contributed by atoms with E-state index in [1.54, 1.807) is 0 Å². The molecule has 2 N–H and O–H groups in total. The van der Waals surface area contributed by atoms with Crippen LogP contribution in [0.5, 0.6) is 5.75 Å². The van der Waals surface area contributed by atoms with Crippen LogP contribution in [-0.2, 0) is 26.1 Å². The Hall–Kier alpha value is -1.84. The van der Waals surface area contributed by atoms with Crippen LogP contribution in [0.2, 0.25) is 0 Å². The number of halogens is 1. The molecule has 0 fully saturated rings. The maximum Gasteiger partial charge on any atom is 0.191 e. The number of aromatic nitrogens is 3. The molecular weight excluding hydrogens is 467 g/mol. The third-order valence-corrected chi connectivity index (χ3v) is 4.54. The van der Waals surface area contributed by atoms with Crippen LogP contribution in [0.15, 0.2) is 23.2 Å². The zero-order chi connectivity index (χ0) is 19.1. The van der Waals surface area contributed by atoms with Gasteiger partial charge in [0.25, 0.3) is 0 Å². The van der Waals surface area contributed by atoms with Crippen LogP contribution < -0.4 is 15.4 Å². The van der Waals surface area contributed by atoms with Crippen molar-refractivity contribution < 1.29 is 4.74 Å². The van der Waals surface area contributed by atoms with Crippen LogP contribution in [0.1, 0.15) is 49.5 Å². The minimum absolute atomic E-state index is 0. The van der Waals surface area contributed by atoms with E-state index in [4.69, 9.17) is 9.73 Å². The minimum atomic E-state index is 0. The predicted molar refractivity (Wildman–Crippen MR) is 122 cm³/mol. The number of aryl methyl sites for hydroxylation is 2. The summed E-state index contributed by atoms with van der Waals surface area (Å²) in [5, 5.41) is 15.2. The number of fused-ring (bicyclic) bond motifs is 1. The highest BCUT2D eigenvalue weighted by atomic mass is 127. The van der Waals surface area contributed by atoms with E-state index in [2.05, 4.69) is 64.4 Å². The Morgan fingerprint density at radius 1 is 1.25 bits per heavy atom. The molecule has 1 aromatic heterocycles. The lowest BCUT2D eigenvalue weighted by Gasteiger charge is -2.13. The van der Waals surface area contributed by atoms with E-state index in [0.29, 0.717) is 13.1 Å². The standard InChI is InChI=1S/C20H30N6O.HI/c1-4-11-27-17-12-15(3)8-9-16(17)13-22-20(21-5-2)23-14-19-25-24-18-7-6-10-26(18)19;/h8-9,12H,4-7,10-11,13-14H2,1-3H3,(H2,21,22,23);1H. The van der Waals surface area contributed by atoms with Gasteiger partial charge in [0.2, 0.25) is 0 Å². The first-order chi connectivity index (χ1) is 13.2. The van der Waals surface area contributed by atoms with Gasteiger partial charge >= 0.3 is 0 Å². The van der Waals surface area contributed by atoms with Crippen molar-refractivity contribution in [1.29, 1.82) is 0 Å². The van der Waals surface area contributed by atoms with Gasteiger partial charge in [0.15, 0.2) is 11.8 Å². The highest BCUT2D eigenvalue weighted by molar-refractivity contribution is 14.0. The number of hydrogen-bond donors (Lipinski definition) is 2. The SMILES string of the molecule is CCCOc1cc(C)ccc1CN=C(NCC)NCc1nnc2n1CCC2.I. The Bertz CT molecular complexity index is 789. The van der Waals surface area contributed by atoms with Gasteiger partial charge in [-0.2, -0.15) is 0 Å². The monoisotopic (exact) mass is 498 g/mol. The number of nitrogens with one attached hydrogen (secondary N) is 2. The van der Waals surface area contributed by atoms with Crippen LogP contribution >= 0.6 is 24.0 Å². The van der Waals surface area contributed by atoms with E-state index < -0.39 is 0 Å². The smallest absolute Gasteiger partial charge is 0.191 e. The van der Waals surface area contributed by atoms with Crippen molar-refractivity contribution >= 4 is 29.9 Å². The molecule has 0 saturated heterocycles. The van der Waals surface area contributed by atoms with Crippen molar-refractivity contribution in [3.05, 3.63) is 41.0 Å². The fraction of sp³-hybridized carbons (Fsp3) is 0.550. The highest BCUT2D eigenvalue weighted by Crippen LogP contribution is 2.21. The number of ether oxygens (including phenoxy) is 1. The topological polar surface area (TPSA) is 76.4 Å². The predicted octanol–water partition coefficient (Wildman–Crippen LogP) is 3.19. The van der Waals surface area contributed by atoms with Crippen molar-refractivity contribution in [2.75, 3.05) is 13.2 Å². The largest absolute Gasteiger partial charge is 0.493 e. The highest BCUT2D eigenvalue weighted by Gasteiger charge is 2.17. The first-order valence-electron chi connectivity index (χ1n) is 9.86. The summed E-state index contributed by atoms with van der Waals surface area (Å²) < 4.78 is 8.10. The Balaban J connectivity index is 0.00000280. The van der Waals surface area contributed by atoms with E-state index in [1.165, 1.54) is 5.56 Å². The average molecular weight is 498 g/mol. The lowest BCUT2D eigenvalue weighted by Crippen LogP contribution is -2.37. The van der Waals surface area contributed by atoms with E-state index in [1.807, 2.05) is 0 Å². The maximum absolute atomic E-state index is 5.90. The molecule has 0 amide bonds. The quantitative estimate of drug-likeness (QED) is 0.332. The third kappa shape index (κ3) is 5.83. The molecule has 1 aliphatic rings. The van der Waals surface area contributed by atoms with Crippen LogP contribution in [0.3, 0.4) is 0 Å². The van der Waals surface area contributed by atoms with E-state index in [0.717, 1.165) is 67.9 Å². The summed E-state index contributed by atoms with van der Waals surface area (Å²) in [7, 11) is 0. The summed E-state index contributed by atoms with van der Waals surface area (Å²) in [5.74, 6) is 3.75. The number of aliphatic imine (C=N–C) groups is 1. The van der Waals surface area contributed by atoms with Gasteiger partial charge in [0, 0.05) is 25.1 Å². The van der Waals surface area contributed by atoms with E-state index in [-0.39, 0.29) is 24.0 Å². The molecule has 1 aromatic carbocycles. The molecule has 0 atom stereocenters. The third-order valence-electron chi connectivity index (χ3n) is 4.54. The van der Waals surface area contributed by atoms with Crippen molar-refractivity contribution in [2.45, 2.75) is 59.7 Å². The molecule has 0 unspecified atom stereocenters. The summed E-state index contributed by atoms with van der Waals surface area (Å²) >= 11 is 0. The molecule has 0 aliphatic carbocycles. The Morgan fingerprint density at radius 2 is 2.11 bits per heavy atom. The van der Waals surface area contributed by atoms with Gasteiger partial charge in [-0.3, -0.25) is 0 Å². The molecule has 3 rings (SSSR count). The lowest BCUT2D eigenvalue weighted by molar-refractivity contribution is 0.314. The van der Waals surface area contributed by atoms with Crippen LogP contribution in [0.25, 0.3) is 0 Å². The molecule has 7 nitrogen and oxygen atoms in total. The maximum atomic E-state index is 5.90. The second kappa shape index (κ2) is 11.2. The molecule has 8 heteroatoms. The number of hydrogen-bond acceptors (Lipinski definition) is 4. The Kier molecular flexibility index (Phi) is 9.01. The minimum Gasteiger partial charge on any atom is -0.493 e. The number of rotatable bonds is 8. The van der Waals surface area contributed by atoms with Gasteiger partial charge in [0.1, 0.15) is 11.6 Å².